The molecule has 1 atom stereocenters. The van der Waals surface area contributed by atoms with Gasteiger partial charge in [0.15, 0.2) is 0 Å². The summed E-state index contributed by atoms with van der Waals surface area (Å²) >= 11 is 0. The van der Waals surface area contributed by atoms with Crippen molar-refractivity contribution in [3.63, 3.8) is 0 Å². The van der Waals surface area contributed by atoms with E-state index in [1.807, 2.05) is 39.8 Å². The molecule has 4 aromatic heterocycles. The Labute approximate surface area is 442 Å². The number of aromatic nitrogens is 4. The molecule has 0 aliphatic rings. The Morgan fingerprint density at radius 1 is 0.329 bits per heavy atom. The molecule has 0 aliphatic heterocycles. The second kappa shape index (κ2) is 25.7. The molecule has 0 radical (unpaired) electrons. The van der Waals surface area contributed by atoms with Gasteiger partial charge in [0, 0.05) is 60.7 Å². The van der Waals surface area contributed by atoms with Crippen LogP contribution in [0, 0.1) is 34.6 Å². The number of esters is 7. The number of rotatable bonds is 23. The van der Waals surface area contributed by atoms with Crippen LogP contribution in [0.3, 0.4) is 0 Å². The van der Waals surface area contributed by atoms with Crippen molar-refractivity contribution < 1.29 is 75.8 Å². The quantitative estimate of drug-likeness (QED) is 0.0330. The lowest BCUT2D eigenvalue weighted by Crippen LogP contribution is -2.11. The van der Waals surface area contributed by atoms with E-state index in [-0.39, 0.29) is 90.9 Å². The minimum Gasteiger partial charge on any atom is -0.462 e. The largest absolute Gasteiger partial charge is 0.462 e. The van der Waals surface area contributed by atoms with Gasteiger partial charge in [0.1, 0.15) is 11.5 Å². The molecule has 1 unspecified atom stereocenters. The van der Waals surface area contributed by atoms with Crippen molar-refractivity contribution in [1.29, 1.82) is 0 Å². The van der Waals surface area contributed by atoms with Gasteiger partial charge >= 0.3 is 58.7 Å². The third-order valence-electron chi connectivity index (χ3n) is 11.7. The van der Waals surface area contributed by atoms with Crippen LogP contribution in [0.5, 0.6) is 11.5 Å². The summed E-state index contributed by atoms with van der Waals surface area (Å²) < 4.78 is 58.2. The van der Waals surface area contributed by atoms with Gasteiger partial charge in [0.2, 0.25) is 0 Å². The molecule has 0 spiro atoms. The van der Waals surface area contributed by atoms with Crippen LogP contribution in [0.25, 0.3) is 11.1 Å². The fraction of sp³-hybridized carbons (Fsp3) is 0.352. The van der Waals surface area contributed by atoms with Crippen LogP contribution in [0.4, 0.5) is 0 Å². The predicted octanol–water partition coefficient (Wildman–Crippen LogP) is 10.7. The van der Waals surface area contributed by atoms with E-state index in [0.29, 0.717) is 22.4 Å². The maximum atomic E-state index is 13.5. The number of hydrogen-bond acceptors (Lipinski definition) is 16. The van der Waals surface area contributed by atoms with E-state index in [4.69, 9.17) is 42.2 Å². The van der Waals surface area contributed by atoms with Gasteiger partial charge in [0.05, 0.1) is 85.2 Å². The van der Waals surface area contributed by atoms with Gasteiger partial charge in [-0.05, 0) is 123 Å². The Morgan fingerprint density at radius 3 is 0.803 bits per heavy atom. The highest BCUT2D eigenvalue weighted by Crippen LogP contribution is 2.53. The lowest BCUT2D eigenvalue weighted by molar-refractivity contribution is 0.0480. The summed E-state index contributed by atoms with van der Waals surface area (Å²) in [4.78, 5) is 94.4. The van der Waals surface area contributed by atoms with Crippen molar-refractivity contribution >= 4 is 58.7 Å². The normalized spacial score (nSPS) is 11.4. The molecular weight excluding hydrogens is 1020 g/mol. The smallest absolute Gasteiger partial charge is 0.340 e. The molecule has 0 fully saturated rings. The molecular formula is C54H62N4O16P2. The first-order valence-corrected chi connectivity index (χ1v) is 26.9. The van der Waals surface area contributed by atoms with Crippen LogP contribution in [0.1, 0.15) is 149 Å². The first-order chi connectivity index (χ1) is 36.4. The molecule has 0 saturated heterocycles. The second-order valence-electron chi connectivity index (χ2n) is 16.6. The van der Waals surface area contributed by atoms with Gasteiger partial charge in [-0.25, -0.2) is 33.6 Å². The molecule has 6 aromatic rings. The molecule has 0 bridgehead atoms. The lowest BCUT2D eigenvalue weighted by Gasteiger charge is -2.27. The Kier molecular flexibility index (Phi) is 19.5. The summed E-state index contributed by atoms with van der Waals surface area (Å²) in [6.07, 6.45) is 11.7. The van der Waals surface area contributed by atoms with Gasteiger partial charge in [0.25, 0.3) is 0 Å². The summed E-state index contributed by atoms with van der Waals surface area (Å²) in [5.41, 5.74) is 4.41. The fourth-order valence-corrected chi connectivity index (χ4v) is 11.1. The molecule has 404 valence electrons. The van der Waals surface area contributed by atoms with Crippen molar-refractivity contribution in [2.75, 3.05) is 46.2 Å². The summed E-state index contributed by atoms with van der Waals surface area (Å²) in [5.74, 6) is -4.81. The van der Waals surface area contributed by atoms with Crippen LogP contribution < -0.4 is 9.05 Å². The average molecular weight is 1090 g/mol. The fourth-order valence-electron chi connectivity index (χ4n) is 7.87. The number of nitrogens with zero attached hydrogens (tertiary/aromatic N) is 4. The number of hydrogen-bond donors (Lipinski definition) is 0. The first kappa shape index (κ1) is 57.6. The van der Waals surface area contributed by atoms with Gasteiger partial charge in [-0.3, -0.25) is 17.4 Å². The van der Waals surface area contributed by atoms with E-state index in [0.717, 1.165) is 22.3 Å². The third kappa shape index (κ3) is 12.4. The van der Waals surface area contributed by atoms with Crippen LogP contribution in [-0.2, 0) is 33.2 Å². The highest BCUT2D eigenvalue weighted by Gasteiger charge is 2.34. The van der Waals surface area contributed by atoms with Crippen molar-refractivity contribution in [1.82, 2.24) is 17.4 Å². The zero-order valence-corrected chi connectivity index (χ0v) is 46.4. The standard InChI is InChI=1S/C54H62N4O16P2/c1-13-66-48(59)37-25-55(24-34(37)10)75(56-26-38(49(60)67-14-2)39(27-56)50(61)68-15-3)73-44-22-20-32(8)35(11)46(44)47-36(12)33(9)21-23-45(47)74-76(57-28-40(51(62)69-16-4)41(29-57)52(63)70-17-5)58-30-42(53(64)71-18-6)43(31-58)54(65)72-19-7/h20-31H,13-19H2,1-12H3. The Morgan fingerprint density at radius 2 is 0.553 bits per heavy atom. The zero-order valence-electron chi connectivity index (χ0n) is 44.6. The summed E-state index contributed by atoms with van der Waals surface area (Å²) in [5, 5.41) is 0. The molecule has 0 N–H and O–H groups in total. The summed E-state index contributed by atoms with van der Waals surface area (Å²) in [7, 11) is -4.62. The molecule has 6 rings (SSSR count). The van der Waals surface area contributed by atoms with Crippen LogP contribution >= 0.6 is 16.9 Å². The molecule has 22 heteroatoms. The van der Waals surface area contributed by atoms with Gasteiger partial charge in [-0.1, -0.05) is 12.1 Å². The molecule has 76 heavy (non-hydrogen) atoms. The number of aryl methyl sites for hydroxylation is 3. The molecule has 0 saturated carbocycles. The maximum absolute atomic E-state index is 13.5. The van der Waals surface area contributed by atoms with E-state index >= 15 is 0 Å². The SMILES string of the molecule is CCOC(=O)c1cn(P(Oc2ccc(C)c(C)c2-c2c(OP(n3cc(C(=O)OCC)c(C(=O)OCC)c3)n3cc(C(=O)OCC)c(C(=O)OCC)c3)ccc(C)c2C)n2cc(C(=O)OCC)c(C(=O)OCC)c2)cc1C. The number of ether oxygens (including phenoxy) is 7. The van der Waals surface area contributed by atoms with Crippen molar-refractivity contribution in [3.8, 4) is 22.6 Å². The van der Waals surface area contributed by atoms with Crippen molar-refractivity contribution in [2.24, 2.45) is 0 Å². The monoisotopic (exact) mass is 1080 g/mol. The second-order valence-corrected chi connectivity index (χ2v) is 19.8. The predicted molar refractivity (Wildman–Crippen MR) is 282 cm³/mol. The topological polar surface area (TPSA) is 222 Å². The lowest BCUT2D eigenvalue weighted by atomic mass is 9.90. The summed E-state index contributed by atoms with van der Waals surface area (Å²) in [6, 6.07) is 7.24. The maximum Gasteiger partial charge on any atom is 0.340 e. The van der Waals surface area contributed by atoms with Gasteiger partial charge in [-0.15, -0.1) is 0 Å². The van der Waals surface area contributed by atoms with E-state index < -0.39 is 58.7 Å². The van der Waals surface area contributed by atoms with Crippen LogP contribution in [0.2, 0.25) is 0 Å². The molecule has 0 amide bonds. The summed E-state index contributed by atoms with van der Waals surface area (Å²) in [6.45, 7) is 21.0. The minimum absolute atomic E-state index is 0.00463. The van der Waals surface area contributed by atoms with Crippen LogP contribution in [0.15, 0.2) is 73.8 Å². The van der Waals surface area contributed by atoms with Crippen molar-refractivity contribution in [3.05, 3.63) is 141 Å². The number of carbonyl (C=O) groups excluding carboxylic acids is 7. The molecule has 2 aromatic carbocycles. The van der Waals surface area contributed by atoms with E-state index in [9.17, 15) is 33.6 Å². The molecule has 4 heterocycles. The van der Waals surface area contributed by atoms with E-state index in [1.54, 1.807) is 88.6 Å². The van der Waals surface area contributed by atoms with Gasteiger partial charge < -0.3 is 42.2 Å². The van der Waals surface area contributed by atoms with E-state index in [2.05, 4.69) is 0 Å². The molecule has 20 nitrogen and oxygen atoms in total. The number of benzene rings is 2. The van der Waals surface area contributed by atoms with E-state index in [1.165, 1.54) is 45.9 Å². The van der Waals surface area contributed by atoms with Crippen molar-refractivity contribution in [2.45, 2.75) is 83.1 Å². The minimum atomic E-state index is -2.40. The first-order valence-electron chi connectivity index (χ1n) is 24.6. The molecule has 0 aliphatic carbocycles. The van der Waals surface area contributed by atoms with Crippen LogP contribution in [-0.4, -0.2) is 105 Å². The number of carbonyl (C=O) groups is 7. The highest BCUT2D eigenvalue weighted by molar-refractivity contribution is 7.50. The zero-order chi connectivity index (χ0) is 55.5. The Bertz CT molecular complexity index is 2980. The average Bonchev–Trinajstić information content (AvgIpc) is 4.22. The Hall–Kier alpha value is -7.69. The van der Waals surface area contributed by atoms with Gasteiger partial charge in [-0.2, -0.15) is 0 Å². The highest BCUT2D eigenvalue weighted by atomic mass is 31.2. The Balaban J connectivity index is 1.64. The third-order valence-corrected chi connectivity index (χ3v) is 14.9.